The number of hydrogen-bond acceptors (Lipinski definition) is 3. The van der Waals surface area contributed by atoms with Crippen LogP contribution in [0.1, 0.15) is 19.4 Å². The summed E-state index contributed by atoms with van der Waals surface area (Å²) < 4.78 is 2.14. The molecule has 0 saturated heterocycles. The number of benzene rings is 2. The molecular formula is C21H21N3O2. The zero-order chi connectivity index (χ0) is 18.5. The summed E-state index contributed by atoms with van der Waals surface area (Å²) in [5, 5.41) is 6.65. The van der Waals surface area contributed by atoms with E-state index in [-0.39, 0.29) is 5.92 Å². The van der Waals surface area contributed by atoms with E-state index in [2.05, 4.69) is 27.9 Å². The lowest BCUT2D eigenvalue weighted by Crippen LogP contribution is -2.19. The molecule has 3 rings (SSSR count). The van der Waals surface area contributed by atoms with E-state index in [1.54, 1.807) is 13.8 Å². The average molecular weight is 347 g/mol. The summed E-state index contributed by atoms with van der Waals surface area (Å²) in [4.78, 5) is 22.4. The first-order chi connectivity index (χ1) is 12.6. The van der Waals surface area contributed by atoms with Crippen LogP contribution in [0.2, 0.25) is 0 Å². The Hall–Kier alpha value is -3.21. The lowest BCUT2D eigenvalue weighted by atomic mass is 10.1. The summed E-state index contributed by atoms with van der Waals surface area (Å²) in [5.74, 6) is -0.330. The Morgan fingerprint density at radius 1 is 1.15 bits per heavy atom. The molecule has 26 heavy (non-hydrogen) atoms. The van der Waals surface area contributed by atoms with Gasteiger partial charge in [-0.25, -0.2) is 5.01 Å². The Kier molecular flexibility index (Phi) is 5.27. The first-order valence-electron chi connectivity index (χ1n) is 8.50. The van der Waals surface area contributed by atoms with Gasteiger partial charge in [0.25, 0.3) is 0 Å². The summed E-state index contributed by atoms with van der Waals surface area (Å²) in [7, 11) is 0. The van der Waals surface area contributed by atoms with Crippen LogP contribution in [0.25, 0.3) is 10.9 Å². The largest absolute Gasteiger partial charge is 0.343 e. The highest BCUT2D eigenvalue weighted by atomic mass is 16.1. The fourth-order valence-corrected chi connectivity index (χ4v) is 2.73. The van der Waals surface area contributed by atoms with E-state index in [0.717, 1.165) is 23.7 Å². The van der Waals surface area contributed by atoms with Crippen LogP contribution in [0.15, 0.2) is 65.9 Å². The monoisotopic (exact) mass is 347 g/mol. The molecule has 1 aromatic heterocycles. The van der Waals surface area contributed by atoms with Crippen molar-refractivity contribution in [2.24, 2.45) is 11.0 Å². The first kappa shape index (κ1) is 17.6. The van der Waals surface area contributed by atoms with Gasteiger partial charge in [-0.15, -0.1) is 0 Å². The number of anilines is 1. The van der Waals surface area contributed by atoms with E-state index in [4.69, 9.17) is 0 Å². The molecule has 0 N–H and O–H groups in total. The van der Waals surface area contributed by atoms with E-state index in [1.807, 2.05) is 42.6 Å². The minimum atomic E-state index is -0.330. The topological polar surface area (TPSA) is 54.7 Å². The first-order valence-corrected chi connectivity index (χ1v) is 8.50. The van der Waals surface area contributed by atoms with Crippen LogP contribution in [0, 0.1) is 5.92 Å². The third-order valence-corrected chi connectivity index (χ3v) is 4.45. The van der Waals surface area contributed by atoms with E-state index in [9.17, 15) is 9.59 Å². The van der Waals surface area contributed by atoms with Gasteiger partial charge < -0.3 is 9.36 Å². The van der Waals surface area contributed by atoms with Gasteiger partial charge in [-0.1, -0.05) is 43.3 Å². The molecule has 0 aliphatic rings. The summed E-state index contributed by atoms with van der Waals surface area (Å²) in [6, 6.07) is 18.0. The highest BCUT2D eigenvalue weighted by molar-refractivity contribution is 5.97. The van der Waals surface area contributed by atoms with Crippen LogP contribution in [-0.4, -0.2) is 23.0 Å². The van der Waals surface area contributed by atoms with Crippen molar-refractivity contribution >= 4 is 35.0 Å². The smallest absolute Gasteiger partial charge is 0.234 e. The fourth-order valence-electron chi connectivity index (χ4n) is 2.73. The molecule has 0 fully saturated rings. The van der Waals surface area contributed by atoms with Gasteiger partial charge in [0, 0.05) is 18.5 Å². The molecular weight excluding hydrogens is 326 g/mol. The number of hydrogen-bond donors (Lipinski definition) is 0. The molecule has 5 nitrogen and oxygen atoms in total. The molecule has 0 spiro atoms. The van der Waals surface area contributed by atoms with E-state index in [1.165, 1.54) is 10.6 Å². The van der Waals surface area contributed by atoms with E-state index in [0.29, 0.717) is 17.8 Å². The molecule has 1 unspecified atom stereocenters. The van der Waals surface area contributed by atoms with Gasteiger partial charge in [0.15, 0.2) is 0 Å². The highest BCUT2D eigenvalue weighted by Crippen LogP contribution is 2.24. The van der Waals surface area contributed by atoms with Crippen LogP contribution < -0.4 is 5.01 Å². The van der Waals surface area contributed by atoms with Crippen molar-refractivity contribution in [3.05, 3.63) is 66.4 Å². The molecule has 2 aromatic carbocycles. The SMILES string of the molecule is C/C(=N/N(C=O)c1ccc2ccn(Cc3ccccc3)c2c1)C(C)C=O. The van der Waals surface area contributed by atoms with Crippen LogP contribution in [0.4, 0.5) is 5.69 Å². The van der Waals surface area contributed by atoms with Crippen molar-refractivity contribution in [1.82, 2.24) is 4.57 Å². The number of aromatic nitrogens is 1. The quantitative estimate of drug-likeness (QED) is 0.370. The predicted molar refractivity (Wildman–Crippen MR) is 104 cm³/mol. The zero-order valence-electron chi connectivity index (χ0n) is 14.9. The van der Waals surface area contributed by atoms with Gasteiger partial charge in [0.1, 0.15) is 6.29 Å². The average Bonchev–Trinajstić information content (AvgIpc) is 3.08. The number of carbonyl (C=O) groups is 2. The molecule has 5 heteroatoms. The van der Waals surface area contributed by atoms with Crippen molar-refractivity contribution in [2.75, 3.05) is 5.01 Å². The maximum atomic E-state index is 11.5. The third-order valence-electron chi connectivity index (χ3n) is 4.45. The van der Waals surface area contributed by atoms with Gasteiger partial charge in [-0.3, -0.25) is 4.79 Å². The number of aldehydes is 1. The van der Waals surface area contributed by atoms with Crippen LogP contribution in [-0.2, 0) is 16.1 Å². The Labute approximate surface area is 152 Å². The summed E-state index contributed by atoms with van der Waals surface area (Å²) in [6.07, 6.45) is 3.51. The van der Waals surface area contributed by atoms with Crippen molar-refractivity contribution in [1.29, 1.82) is 0 Å². The summed E-state index contributed by atoms with van der Waals surface area (Å²) >= 11 is 0. The third kappa shape index (κ3) is 3.72. The van der Waals surface area contributed by atoms with Gasteiger partial charge in [0.05, 0.1) is 17.1 Å². The van der Waals surface area contributed by atoms with E-state index >= 15 is 0 Å². The van der Waals surface area contributed by atoms with Gasteiger partial charge in [-0.2, -0.15) is 5.10 Å². The Balaban J connectivity index is 1.96. The highest BCUT2D eigenvalue weighted by Gasteiger charge is 2.11. The molecule has 0 aliphatic heterocycles. The maximum absolute atomic E-state index is 11.5. The normalized spacial score (nSPS) is 12.8. The van der Waals surface area contributed by atoms with Crippen molar-refractivity contribution in [2.45, 2.75) is 20.4 Å². The predicted octanol–water partition coefficient (Wildman–Crippen LogP) is 3.86. The van der Waals surface area contributed by atoms with Gasteiger partial charge >= 0.3 is 0 Å². The second-order valence-corrected chi connectivity index (χ2v) is 6.29. The fraction of sp³-hybridized carbons (Fsp3) is 0.190. The minimum Gasteiger partial charge on any atom is -0.343 e. The van der Waals surface area contributed by atoms with Crippen molar-refractivity contribution < 1.29 is 9.59 Å². The van der Waals surface area contributed by atoms with Crippen molar-refractivity contribution in [3.8, 4) is 0 Å². The number of fused-ring (bicyclic) bond motifs is 1. The van der Waals surface area contributed by atoms with Crippen LogP contribution in [0.5, 0.6) is 0 Å². The van der Waals surface area contributed by atoms with E-state index < -0.39 is 0 Å². The Morgan fingerprint density at radius 2 is 1.92 bits per heavy atom. The molecule has 1 heterocycles. The number of nitrogens with zero attached hydrogens (tertiary/aromatic N) is 3. The second kappa shape index (κ2) is 7.78. The molecule has 1 amide bonds. The van der Waals surface area contributed by atoms with Gasteiger partial charge in [0.2, 0.25) is 6.41 Å². The van der Waals surface area contributed by atoms with Crippen LogP contribution in [0.3, 0.4) is 0 Å². The molecule has 1 atom stereocenters. The minimum absolute atomic E-state index is 0.330. The number of hydrazone groups is 1. The van der Waals surface area contributed by atoms with Crippen molar-refractivity contribution in [3.63, 3.8) is 0 Å². The van der Waals surface area contributed by atoms with Crippen LogP contribution >= 0.6 is 0 Å². The molecule has 0 saturated carbocycles. The second-order valence-electron chi connectivity index (χ2n) is 6.29. The lowest BCUT2D eigenvalue weighted by Gasteiger charge is -2.15. The molecule has 132 valence electrons. The standard InChI is InChI=1S/C21H21N3O2/c1-16(14-25)17(2)22-24(15-26)20-9-8-19-10-11-23(21(19)12-20)13-18-6-4-3-5-7-18/h3-12,14-16H,13H2,1-2H3/b22-17-. The Bertz CT molecular complexity index is 944. The molecule has 3 aromatic rings. The summed E-state index contributed by atoms with van der Waals surface area (Å²) in [5.41, 5.74) is 3.48. The number of carbonyl (C=O) groups excluding carboxylic acids is 2. The lowest BCUT2D eigenvalue weighted by molar-refractivity contribution is -0.109. The molecule has 0 bridgehead atoms. The van der Waals surface area contributed by atoms with Gasteiger partial charge in [-0.05, 0) is 36.1 Å². The number of amides is 1. The molecule has 0 aliphatic carbocycles. The Morgan fingerprint density at radius 3 is 2.62 bits per heavy atom. The molecule has 0 radical (unpaired) electrons. The summed E-state index contributed by atoms with van der Waals surface area (Å²) in [6.45, 7) is 4.24. The maximum Gasteiger partial charge on any atom is 0.234 e. The number of rotatable bonds is 7. The zero-order valence-corrected chi connectivity index (χ0v) is 14.9.